The first-order valence-electron chi connectivity index (χ1n) is 14.8. The minimum Gasteiger partial charge on any atom is -0.491 e. The fourth-order valence-corrected chi connectivity index (χ4v) is 8.54. The number of pyridine rings is 1. The van der Waals surface area contributed by atoms with E-state index >= 15 is 0 Å². The van der Waals surface area contributed by atoms with E-state index in [0.29, 0.717) is 45.3 Å². The number of benzene rings is 3. The summed E-state index contributed by atoms with van der Waals surface area (Å²) in [6.45, 7) is 5.05. The molecular weight excluding hydrogens is 662 g/mol. The summed E-state index contributed by atoms with van der Waals surface area (Å²) in [7, 11) is -5.67. The second-order valence-corrected chi connectivity index (χ2v) is 14.1. The number of aromatic nitrogens is 2. The molecule has 6 rings (SSSR count). The lowest BCUT2D eigenvalue weighted by molar-refractivity contribution is -0.128. The van der Waals surface area contributed by atoms with Crippen LogP contribution in [0, 0.1) is 6.92 Å². The highest BCUT2D eigenvalue weighted by molar-refractivity contribution is 7.89. The number of hydrogen-bond donors (Lipinski definition) is 0. The molecule has 3 aromatic carbocycles. The van der Waals surface area contributed by atoms with Crippen LogP contribution in [0.2, 0.25) is 5.02 Å². The predicted molar refractivity (Wildman–Crippen MR) is 181 cm³/mol. The first-order valence-corrected chi connectivity index (χ1v) is 17.7. The number of morpholine rings is 1. The summed E-state index contributed by atoms with van der Waals surface area (Å²) >= 11 is 6.32. The Kier molecular flexibility index (Phi) is 11.4. The van der Waals surface area contributed by atoms with E-state index in [9.17, 15) is 17.4 Å². The Balaban J connectivity index is 0.000000807. The molecule has 1 saturated heterocycles. The van der Waals surface area contributed by atoms with E-state index in [1.807, 2.05) is 42.5 Å². The maximum absolute atomic E-state index is 14.2. The minimum absolute atomic E-state index is 0.0943. The van der Waals surface area contributed by atoms with Gasteiger partial charge in [-0.15, -0.1) is 0 Å². The molecule has 0 amide bonds. The first-order chi connectivity index (χ1) is 22.7. The third-order valence-corrected chi connectivity index (χ3v) is 11.1. The van der Waals surface area contributed by atoms with Crippen LogP contribution in [0.15, 0.2) is 107 Å². The van der Waals surface area contributed by atoms with Crippen LogP contribution in [0.4, 0.5) is 0 Å². The van der Waals surface area contributed by atoms with Gasteiger partial charge in [0.15, 0.2) is 11.0 Å². The monoisotopic (exact) mass is 695 g/mol. The average molecular weight is 696 g/mol. The molecule has 0 bridgehead atoms. The molecule has 246 valence electrons. The lowest BCUT2D eigenvalue weighted by Crippen LogP contribution is -2.47. The Labute approximate surface area is 281 Å². The van der Waals surface area contributed by atoms with Gasteiger partial charge in [0.2, 0.25) is 10.0 Å². The normalized spacial score (nSPS) is 15.8. The van der Waals surface area contributed by atoms with Gasteiger partial charge in [0.1, 0.15) is 23.4 Å². The Morgan fingerprint density at radius 3 is 2.47 bits per heavy atom. The Morgan fingerprint density at radius 1 is 1.04 bits per heavy atom. The van der Waals surface area contributed by atoms with Crippen molar-refractivity contribution in [3.63, 3.8) is 0 Å². The highest BCUT2D eigenvalue weighted by Gasteiger charge is 2.36. The van der Waals surface area contributed by atoms with Gasteiger partial charge in [-0.05, 0) is 73.5 Å². The number of nitrogens with zero attached hydrogens (tertiary/aromatic N) is 3. The first kappa shape index (κ1) is 34.3. The molecule has 0 spiro atoms. The molecule has 0 saturated carbocycles. The number of hydrogen-bond acceptors (Lipinski definition) is 8. The van der Waals surface area contributed by atoms with Crippen LogP contribution >= 0.6 is 11.6 Å². The summed E-state index contributed by atoms with van der Waals surface area (Å²) in [5.41, 5.74) is 2.93. The van der Waals surface area contributed by atoms with Crippen molar-refractivity contribution in [2.24, 2.45) is 0 Å². The van der Waals surface area contributed by atoms with Crippen molar-refractivity contribution in [2.75, 3.05) is 32.9 Å². The second kappa shape index (κ2) is 15.7. The number of ether oxygens (including phenoxy) is 3. The van der Waals surface area contributed by atoms with E-state index in [1.54, 1.807) is 72.7 Å². The maximum atomic E-state index is 14.2. The number of carbonyl (C=O) groups is 1. The fraction of sp³-hybridized carbons (Fsp3) is 0.235. The summed E-state index contributed by atoms with van der Waals surface area (Å²) in [4.78, 5) is 14.0. The zero-order chi connectivity index (χ0) is 33.4. The van der Waals surface area contributed by atoms with Gasteiger partial charge < -0.3 is 14.2 Å². The fourth-order valence-electron chi connectivity index (χ4n) is 5.19. The summed E-state index contributed by atoms with van der Waals surface area (Å²) in [5.74, 6) is 0.656. The molecule has 1 unspecified atom stereocenters. The molecule has 2 atom stereocenters. The van der Waals surface area contributed by atoms with Crippen LogP contribution in [0.5, 0.6) is 5.75 Å². The van der Waals surface area contributed by atoms with Crippen LogP contribution in [-0.4, -0.2) is 71.4 Å². The molecule has 13 heteroatoms. The van der Waals surface area contributed by atoms with E-state index in [4.69, 9.17) is 21.1 Å². The van der Waals surface area contributed by atoms with Gasteiger partial charge in [0, 0.05) is 35.9 Å². The molecule has 3 heterocycles. The number of sulfonamides is 1. The minimum atomic E-state index is -4.01. The molecule has 1 aliphatic heterocycles. The quantitative estimate of drug-likeness (QED) is 0.166. The van der Waals surface area contributed by atoms with Gasteiger partial charge in [-0.25, -0.2) is 12.6 Å². The van der Waals surface area contributed by atoms with Crippen molar-refractivity contribution in [2.45, 2.75) is 29.7 Å². The lowest BCUT2D eigenvalue weighted by Gasteiger charge is -2.32. The number of rotatable bonds is 10. The summed E-state index contributed by atoms with van der Waals surface area (Å²) in [5, 5.41) is 0.821. The Hall–Kier alpha value is -4.07. The average Bonchev–Trinajstić information content (AvgIpc) is 3.40. The number of fused-ring (bicyclic) bond motifs is 1. The van der Waals surface area contributed by atoms with Crippen molar-refractivity contribution in [1.29, 1.82) is 0 Å². The molecule has 0 aliphatic carbocycles. The zero-order valence-corrected chi connectivity index (χ0v) is 28.2. The maximum Gasteiger partial charge on any atom is 0.293 e. The summed E-state index contributed by atoms with van der Waals surface area (Å²) in [6, 6.07) is 25.5. The van der Waals surface area contributed by atoms with Gasteiger partial charge in [0.05, 0.1) is 29.3 Å². The van der Waals surface area contributed by atoms with E-state index < -0.39 is 27.1 Å². The summed E-state index contributed by atoms with van der Waals surface area (Å²) < 4.78 is 61.0. The molecule has 5 aromatic rings. The predicted octanol–water partition coefficient (Wildman–Crippen LogP) is 5.88. The molecule has 2 aromatic heterocycles. The highest BCUT2D eigenvalue weighted by Crippen LogP contribution is 2.36. The molecule has 10 nitrogen and oxygen atoms in total. The lowest BCUT2D eigenvalue weighted by atomic mass is 10.1. The Morgan fingerprint density at radius 2 is 1.81 bits per heavy atom. The highest BCUT2D eigenvalue weighted by atomic mass is 35.5. The van der Waals surface area contributed by atoms with E-state index in [-0.39, 0.29) is 31.2 Å². The topological polar surface area (TPSA) is 117 Å². The number of carbonyl (C=O) groups excluding carboxylic acids is 1. The summed E-state index contributed by atoms with van der Waals surface area (Å²) in [6.07, 6.45) is 3.06. The molecule has 1 aliphatic rings. The van der Waals surface area contributed by atoms with Crippen LogP contribution < -0.4 is 4.74 Å². The van der Waals surface area contributed by atoms with Gasteiger partial charge in [-0.2, -0.15) is 4.31 Å². The van der Waals surface area contributed by atoms with Crippen molar-refractivity contribution < 1.29 is 31.6 Å². The molecule has 1 fully saturated rings. The molecule has 0 radical (unpaired) electrons. The van der Waals surface area contributed by atoms with Gasteiger partial charge in [-0.1, -0.05) is 48.0 Å². The van der Waals surface area contributed by atoms with E-state index in [2.05, 4.69) is 9.72 Å². The molecular formula is C34H34ClN3O7S2. The van der Waals surface area contributed by atoms with Crippen molar-refractivity contribution in [3.05, 3.63) is 108 Å². The second-order valence-electron chi connectivity index (χ2n) is 10.4. The Bertz CT molecular complexity index is 1940. The molecule has 0 N–H and O–H groups in total. The van der Waals surface area contributed by atoms with Gasteiger partial charge in [-0.3, -0.25) is 13.8 Å². The third kappa shape index (κ3) is 7.91. The molecule has 47 heavy (non-hydrogen) atoms. The van der Waals surface area contributed by atoms with Crippen molar-refractivity contribution in [3.8, 4) is 16.9 Å². The van der Waals surface area contributed by atoms with Crippen LogP contribution in [0.25, 0.3) is 22.0 Å². The van der Waals surface area contributed by atoms with Crippen LogP contribution in [-0.2, 0) is 35.3 Å². The smallest absolute Gasteiger partial charge is 0.293 e. The third-order valence-electron chi connectivity index (χ3n) is 7.39. The van der Waals surface area contributed by atoms with Gasteiger partial charge in [0.25, 0.3) is 6.47 Å². The van der Waals surface area contributed by atoms with Gasteiger partial charge >= 0.3 is 0 Å². The number of halogens is 1. The standard InChI is InChI=1S/C31H28ClN3O5S2.C3H6O2/c1-22-31(29-18-25(32)11-14-30(29)35(22)41(36)28-7-3-2-4-8-28)42(37,38)34-16-17-39-27(20-34)21-40-26-12-9-23(10-13-26)24-6-5-15-33-19-24;1-2-5-3-4/h2-15,18-19,27H,16-17,20-21H2,1H3;3H,2H2,1H3/t27-,41?;/m0./s1. The van der Waals surface area contributed by atoms with E-state index in [1.165, 1.54) is 4.31 Å². The van der Waals surface area contributed by atoms with Crippen LogP contribution in [0.1, 0.15) is 12.6 Å². The van der Waals surface area contributed by atoms with Crippen molar-refractivity contribution in [1.82, 2.24) is 13.3 Å². The van der Waals surface area contributed by atoms with Crippen molar-refractivity contribution >= 4 is 50.0 Å². The zero-order valence-electron chi connectivity index (χ0n) is 25.8. The van der Waals surface area contributed by atoms with E-state index in [0.717, 1.165) is 11.1 Å². The SMILES string of the molecule is CCOC=O.Cc1c(S(=O)(=O)N2CCO[C@H](COc3ccc(-c4cccnc4)cc3)C2)c2cc(Cl)ccc2n1S(=O)c1ccccc1. The largest absolute Gasteiger partial charge is 0.491 e. The van der Waals surface area contributed by atoms with Crippen LogP contribution in [0.3, 0.4) is 0 Å².